The minimum Gasteiger partial charge on any atom is -0.497 e. The zero-order valence-electron chi connectivity index (χ0n) is 12.5. The summed E-state index contributed by atoms with van der Waals surface area (Å²) in [6.07, 6.45) is 4.35. The quantitative estimate of drug-likeness (QED) is 0.753. The summed E-state index contributed by atoms with van der Waals surface area (Å²) in [5.41, 5.74) is 2.30. The molecule has 1 saturated carbocycles. The number of carbonyl (C=O) groups is 1. The predicted molar refractivity (Wildman–Crippen MR) is 77.8 cm³/mol. The van der Waals surface area contributed by atoms with Crippen molar-refractivity contribution in [2.45, 2.75) is 46.5 Å². The van der Waals surface area contributed by atoms with E-state index >= 15 is 0 Å². The summed E-state index contributed by atoms with van der Waals surface area (Å²) >= 11 is 0. The summed E-state index contributed by atoms with van der Waals surface area (Å²) in [6.45, 7) is 6.58. The van der Waals surface area contributed by atoms with Crippen LogP contribution in [0.5, 0.6) is 5.75 Å². The van der Waals surface area contributed by atoms with E-state index in [9.17, 15) is 4.79 Å². The number of aryl methyl sites for hydroxylation is 1. The molecule has 2 heteroatoms. The molecule has 2 rings (SSSR count). The van der Waals surface area contributed by atoms with E-state index in [-0.39, 0.29) is 5.92 Å². The highest BCUT2D eigenvalue weighted by atomic mass is 16.5. The molecule has 19 heavy (non-hydrogen) atoms. The fraction of sp³-hybridized carbons (Fsp3) is 0.588. The summed E-state index contributed by atoms with van der Waals surface area (Å²) in [4.78, 5) is 12.6. The molecule has 0 aliphatic heterocycles. The molecule has 1 aromatic rings. The van der Waals surface area contributed by atoms with Crippen LogP contribution in [-0.2, 0) is 0 Å². The molecule has 104 valence electrons. The van der Waals surface area contributed by atoms with Crippen LogP contribution in [0, 0.1) is 18.3 Å². The van der Waals surface area contributed by atoms with E-state index in [2.05, 4.69) is 13.8 Å². The number of Topliss-reactive ketones (excluding diaryl/α,β-unsaturated/α-hetero) is 1. The van der Waals surface area contributed by atoms with Gasteiger partial charge in [-0.05, 0) is 61.8 Å². The van der Waals surface area contributed by atoms with Gasteiger partial charge in [0.2, 0.25) is 0 Å². The lowest BCUT2D eigenvalue weighted by molar-refractivity contribution is 0.0837. The highest BCUT2D eigenvalue weighted by Gasteiger charge is 2.31. The molecule has 0 radical (unpaired) electrons. The molecule has 0 spiro atoms. The van der Waals surface area contributed by atoms with Crippen molar-refractivity contribution in [3.8, 4) is 5.75 Å². The molecular weight excluding hydrogens is 236 g/mol. The molecule has 1 aromatic carbocycles. The van der Waals surface area contributed by atoms with Crippen LogP contribution < -0.4 is 4.74 Å². The highest BCUT2D eigenvalue weighted by molar-refractivity contribution is 5.99. The van der Waals surface area contributed by atoms with Gasteiger partial charge in [0.25, 0.3) is 0 Å². The third-order valence-corrected chi connectivity index (χ3v) is 4.41. The Morgan fingerprint density at radius 1 is 1.26 bits per heavy atom. The van der Waals surface area contributed by atoms with E-state index < -0.39 is 0 Å². The second kappa shape index (κ2) is 5.36. The number of carbonyl (C=O) groups excluding carboxylic acids is 1. The van der Waals surface area contributed by atoms with Crippen LogP contribution in [0.2, 0.25) is 0 Å². The first-order chi connectivity index (χ1) is 8.93. The minimum atomic E-state index is 0.208. The molecule has 0 aromatic heterocycles. The van der Waals surface area contributed by atoms with Crippen molar-refractivity contribution in [1.29, 1.82) is 0 Å². The number of rotatable bonds is 3. The van der Waals surface area contributed by atoms with Gasteiger partial charge in [-0.2, -0.15) is 0 Å². The fourth-order valence-corrected chi connectivity index (χ4v) is 2.92. The second-order valence-electron chi connectivity index (χ2n) is 6.48. The third-order valence-electron chi connectivity index (χ3n) is 4.41. The molecule has 0 N–H and O–H groups in total. The number of hydrogen-bond acceptors (Lipinski definition) is 2. The molecule has 1 aliphatic rings. The Bertz CT molecular complexity index is 464. The molecular formula is C17H24O2. The van der Waals surface area contributed by atoms with Crippen LogP contribution in [0.1, 0.15) is 55.5 Å². The van der Waals surface area contributed by atoms with Crippen molar-refractivity contribution in [3.63, 3.8) is 0 Å². The zero-order valence-corrected chi connectivity index (χ0v) is 12.5. The van der Waals surface area contributed by atoms with Gasteiger partial charge in [-0.15, -0.1) is 0 Å². The van der Waals surface area contributed by atoms with Gasteiger partial charge in [-0.25, -0.2) is 0 Å². The van der Waals surface area contributed by atoms with Crippen LogP contribution in [0.3, 0.4) is 0 Å². The van der Waals surface area contributed by atoms with Crippen LogP contribution in [-0.4, -0.2) is 12.9 Å². The van der Waals surface area contributed by atoms with Crippen LogP contribution >= 0.6 is 0 Å². The van der Waals surface area contributed by atoms with Gasteiger partial charge >= 0.3 is 0 Å². The SMILES string of the molecule is COc1ccc(C(=O)C2CCC(C)(C)CC2)c(C)c1. The molecule has 0 atom stereocenters. The first kappa shape index (κ1) is 14.1. The highest BCUT2D eigenvalue weighted by Crippen LogP contribution is 2.39. The summed E-state index contributed by atoms with van der Waals surface area (Å²) in [6, 6.07) is 5.74. The van der Waals surface area contributed by atoms with Crippen molar-refractivity contribution in [1.82, 2.24) is 0 Å². The van der Waals surface area contributed by atoms with E-state index in [0.717, 1.165) is 42.6 Å². The van der Waals surface area contributed by atoms with Gasteiger partial charge in [0.1, 0.15) is 5.75 Å². The lowest BCUT2D eigenvalue weighted by Crippen LogP contribution is -2.26. The average Bonchev–Trinajstić information content (AvgIpc) is 2.37. The van der Waals surface area contributed by atoms with Crippen LogP contribution in [0.25, 0.3) is 0 Å². The van der Waals surface area contributed by atoms with E-state index in [0.29, 0.717) is 11.2 Å². The van der Waals surface area contributed by atoms with Gasteiger partial charge in [0.15, 0.2) is 5.78 Å². The summed E-state index contributed by atoms with van der Waals surface area (Å²) < 4.78 is 5.19. The third kappa shape index (κ3) is 3.17. The van der Waals surface area contributed by atoms with E-state index in [1.807, 2.05) is 25.1 Å². The van der Waals surface area contributed by atoms with Crippen molar-refractivity contribution >= 4 is 5.78 Å². The fourth-order valence-electron chi connectivity index (χ4n) is 2.92. The second-order valence-corrected chi connectivity index (χ2v) is 6.48. The number of ketones is 1. The lowest BCUT2D eigenvalue weighted by atomic mass is 9.71. The van der Waals surface area contributed by atoms with E-state index in [4.69, 9.17) is 4.74 Å². The van der Waals surface area contributed by atoms with Gasteiger partial charge in [0, 0.05) is 11.5 Å². The number of ether oxygens (including phenoxy) is 1. The monoisotopic (exact) mass is 260 g/mol. The summed E-state index contributed by atoms with van der Waals surface area (Å²) in [5, 5.41) is 0. The Morgan fingerprint density at radius 3 is 2.42 bits per heavy atom. The smallest absolute Gasteiger partial charge is 0.166 e. The Hall–Kier alpha value is -1.31. The molecule has 0 amide bonds. The molecule has 1 fully saturated rings. The van der Waals surface area contributed by atoms with Crippen molar-refractivity contribution in [2.75, 3.05) is 7.11 Å². The molecule has 2 nitrogen and oxygen atoms in total. The summed E-state index contributed by atoms with van der Waals surface area (Å²) in [5.74, 6) is 1.34. The maximum atomic E-state index is 12.6. The Balaban J connectivity index is 2.12. The number of hydrogen-bond donors (Lipinski definition) is 0. The molecule has 0 unspecified atom stereocenters. The topological polar surface area (TPSA) is 26.3 Å². The van der Waals surface area contributed by atoms with Gasteiger partial charge < -0.3 is 4.74 Å². The Morgan fingerprint density at radius 2 is 1.89 bits per heavy atom. The molecule has 1 aliphatic carbocycles. The van der Waals surface area contributed by atoms with Crippen LogP contribution in [0.4, 0.5) is 0 Å². The Labute approximate surface area is 116 Å². The first-order valence-electron chi connectivity index (χ1n) is 7.12. The normalized spacial score (nSPS) is 19.2. The van der Waals surface area contributed by atoms with Crippen molar-refractivity contribution < 1.29 is 9.53 Å². The zero-order chi connectivity index (χ0) is 14.0. The molecule has 0 heterocycles. The largest absolute Gasteiger partial charge is 0.497 e. The molecule has 0 saturated heterocycles. The lowest BCUT2D eigenvalue weighted by Gasteiger charge is -2.33. The number of methoxy groups -OCH3 is 1. The van der Waals surface area contributed by atoms with Crippen molar-refractivity contribution in [3.05, 3.63) is 29.3 Å². The van der Waals surface area contributed by atoms with Gasteiger partial charge in [-0.1, -0.05) is 13.8 Å². The van der Waals surface area contributed by atoms with Gasteiger partial charge in [0.05, 0.1) is 7.11 Å². The maximum Gasteiger partial charge on any atom is 0.166 e. The van der Waals surface area contributed by atoms with Gasteiger partial charge in [-0.3, -0.25) is 4.79 Å². The minimum absolute atomic E-state index is 0.208. The average molecular weight is 260 g/mol. The first-order valence-corrected chi connectivity index (χ1v) is 7.12. The molecule has 0 bridgehead atoms. The van der Waals surface area contributed by atoms with Crippen molar-refractivity contribution in [2.24, 2.45) is 11.3 Å². The summed E-state index contributed by atoms with van der Waals surface area (Å²) in [7, 11) is 1.65. The number of benzene rings is 1. The predicted octanol–water partition coefficient (Wildman–Crippen LogP) is 4.40. The van der Waals surface area contributed by atoms with E-state index in [1.165, 1.54) is 0 Å². The van der Waals surface area contributed by atoms with Crippen LogP contribution in [0.15, 0.2) is 18.2 Å². The maximum absolute atomic E-state index is 12.6. The Kier molecular flexibility index (Phi) is 3.98. The standard InChI is InChI=1S/C17H24O2/c1-12-11-14(19-4)5-6-15(12)16(18)13-7-9-17(2,3)10-8-13/h5-6,11,13H,7-10H2,1-4H3. The van der Waals surface area contributed by atoms with E-state index in [1.54, 1.807) is 7.11 Å².